The lowest BCUT2D eigenvalue weighted by molar-refractivity contribution is 0.867. The first-order chi connectivity index (χ1) is 6.06. The van der Waals surface area contributed by atoms with Gasteiger partial charge in [0.1, 0.15) is 10.3 Å². The van der Waals surface area contributed by atoms with Gasteiger partial charge in [-0.15, -0.1) is 0 Å². The van der Waals surface area contributed by atoms with Gasteiger partial charge in [0.05, 0.1) is 0 Å². The number of aromatic nitrogens is 1. The standard InChI is InChI=1S/C9H10BrCl2N/c1-5-3-7(11)13-9(12)8(5)6(2)4-10/h3,6H,4H2,1-2H3. The van der Waals surface area contributed by atoms with Crippen LogP contribution in [-0.2, 0) is 0 Å². The third kappa shape index (κ3) is 2.58. The second kappa shape index (κ2) is 4.63. The molecule has 0 N–H and O–H groups in total. The van der Waals surface area contributed by atoms with Gasteiger partial charge in [-0.25, -0.2) is 4.98 Å². The van der Waals surface area contributed by atoms with Crippen molar-refractivity contribution in [2.75, 3.05) is 5.33 Å². The van der Waals surface area contributed by atoms with Crippen LogP contribution in [0, 0.1) is 6.92 Å². The zero-order valence-corrected chi connectivity index (χ0v) is 10.5. The number of halogens is 3. The van der Waals surface area contributed by atoms with Crippen LogP contribution in [0.3, 0.4) is 0 Å². The lowest BCUT2D eigenvalue weighted by atomic mass is 10.0. The summed E-state index contributed by atoms with van der Waals surface area (Å²) < 4.78 is 0. The number of alkyl halides is 1. The Morgan fingerprint density at radius 2 is 2.15 bits per heavy atom. The predicted molar refractivity (Wildman–Crippen MR) is 61.2 cm³/mol. The third-order valence-electron chi connectivity index (χ3n) is 1.91. The van der Waals surface area contributed by atoms with E-state index in [0.717, 1.165) is 16.5 Å². The van der Waals surface area contributed by atoms with Crippen LogP contribution in [-0.4, -0.2) is 10.3 Å². The van der Waals surface area contributed by atoms with Crippen LogP contribution in [0.25, 0.3) is 0 Å². The van der Waals surface area contributed by atoms with E-state index in [1.54, 1.807) is 0 Å². The largest absolute Gasteiger partial charge is 0.224 e. The van der Waals surface area contributed by atoms with Gasteiger partial charge in [-0.1, -0.05) is 46.1 Å². The van der Waals surface area contributed by atoms with Gasteiger partial charge in [0.2, 0.25) is 0 Å². The van der Waals surface area contributed by atoms with Gasteiger partial charge in [-0.2, -0.15) is 0 Å². The molecule has 1 unspecified atom stereocenters. The van der Waals surface area contributed by atoms with Gasteiger partial charge in [-0.3, -0.25) is 0 Å². The molecule has 72 valence electrons. The molecule has 0 aliphatic heterocycles. The fourth-order valence-electron chi connectivity index (χ4n) is 1.27. The zero-order valence-electron chi connectivity index (χ0n) is 7.44. The summed E-state index contributed by atoms with van der Waals surface area (Å²) in [5.74, 6) is 0.359. The highest BCUT2D eigenvalue weighted by Crippen LogP contribution is 2.29. The van der Waals surface area contributed by atoms with Crippen molar-refractivity contribution >= 4 is 39.1 Å². The summed E-state index contributed by atoms with van der Waals surface area (Å²) in [6.07, 6.45) is 0. The molecule has 1 heterocycles. The second-order valence-electron chi connectivity index (χ2n) is 3.02. The molecule has 1 nitrogen and oxygen atoms in total. The Kier molecular flexibility index (Phi) is 4.02. The molecular formula is C9H10BrCl2N. The average molecular weight is 283 g/mol. The Morgan fingerprint density at radius 1 is 1.54 bits per heavy atom. The predicted octanol–water partition coefficient (Wildman–Crippen LogP) is 4.20. The summed E-state index contributed by atoms with van der Waals surface area (Å²) in [5.41, 5.74) is 2.17. The lowest BCUT2D eigenvalue weighted by Crippen LogP contribution is -2.00. The fourth-order valence-corrected chi connectivity index (χ4v) is 2.32. The maximum absolute atomic E-state index is 5.99. The summed E-state index contributed by atoms with van der Waals surface area (Å²) in [5, 5.41) is 1.83. The molecule has 0 aromatic carbocycles. The Hall–Kier alpha value is 0.210. The van der Waals surface area contributed by atoms with E-state index in [-0.39, 0.29) is 0 Å². The molecule has 1 aromatic heterocycles. The van der Waals surface area contributed by atoms with E-state index >= 15 is 0 Å². The summed E-state index contributed by atoms with van der Waals surface area (Å²) in [7, 11) is 0. The van der Waals surface area contributed by atoms with Crippen LogP contribution in [0.15, 0.2) is 6.07 Å². The quantitative estimate of drug-likeness (QED) is 0.585. The van der Waals surface area contributed by atoms with Crippen LogP contribution in [0.5, 0.6) is 0 Å². The molecule has 1 atom stereocenters. The fraction of sp³-hybridized carbons (Fsp3) is 0.444. The van der Waals surface area contributed by atoms with E-state index in [9.17, 15) is 0 Å². The van der Waals surface area contributed by atoms with Crippen molar-refractivity contribution in [3.8, 4) is 0 Å². The molecule has 0 aliphatic carbocycles. The minimum atomic E-state index is 0.359. The van der Waals surface area contributed by atoms with Gasteiger partial charge in [-0.05, 0) is 30.0 Å². The van der Waals surface area contributed by atoms with Crippen molar-refractivity contribution in [1.82, 2.24) is 4.98 Å². The van der Waals surface area contributed by atoms with Crippen molar-refractivity contribution in [2.45, 2.75) is 19.8 Å². The van der Waals surface area contributed by atoms with Crippen LogP contribution in [0.1, 0.15) is 24.0 Å². The molecule has 4 heteroatoms. The van der Waals surface area contributed by atoms with E-state index in [4.69, 9.17) is 23.2 Å². The van der Waals surface area contributed by atoms with E-state index < -0.39 is 0 Å². The first kappa shape index (κ1) is 11.3. The SMILES string of the molecule is Cc1cc(Cl)nc(Cl)c1C(C)CBr. The van der Waals surface area contributed by atoms with Crippen molar-refractivity contribution in [3.63, 3.8) is 0 Å². The molecule has 0 saturated carbocycles. The van der Waals surface area contributed by atoms with Crippen molar-refractivity contribution < 1.29 is 0 Å². The number of hydrogen-bond donors (Lipinski definition) is 0. The van der Waals surface area contributed by atoms with E-state index in [1.165, 1.54) is 0 Å². The molecule has 0 saturated heterocycles. The molecule has 0 spiro atoms. The van der Waals surface area contributed by atoms with Gasteiger partial charge in [0.25, 0.3) is 0 Å². The molecule has 13 heavy (non-hydrogen) atoms. The zero-order chi connectivity index (χ0) is 10.0. The summed E-state index contributed by atoms with van der Waals surface area (Å²) in [6.45, 7) is 4.09. The second-order valence-corrected chi connectivity index (χ2v) is 4.41. The average Bonchev–Trinajstić information content (AvgIpc) is 2.02. The van der Waals surface area contributed by atoms with Crippen LogP contribution in [0.2, 0.25) is 10.3 Å². The molecule has 0 aliphatic rings. The maximum atomic E-state index is 5.99. The van der Waals surface area contributed by atoms with Gasteiger partial charge < -0.3 is 0 Å². The highest BCUT2D eigenvalue weighted by atomic mass is 79.9. The Labute approximate surface area is 96.6 Å². The summed E-state index contributed by atoms with van der Waals surface area (Å²) >= 11 is 15.2. The van der Waals surface area contributed by atoms with Gasteiger partial charge in [0.15, 0.2) is 0 Å². The normalized spacial score (nSPS) is 13.0. The smallest absolute Gasteiger partial charge is 0.134 e. The number of nitrogens with zero attached hydrogens (tertiary/aromatic N) is 1. The van der Waals surface area contributed by atoms with Gasteiger partial charge >= 0.3 is 0 Å². The van der Waals surface area contributed by atoms with E-state index in [0.29, 0.717) is 16.2 Å². The number of hydrogen-bond acceptors (Lipinski definition) is 1. The van der Waals surface area contributed by atoms with E-state index in [2.05, 4.69) is 27.8 Å². The van der Waals surface area contributed by atoms with Crippen LogP contribution >= 0.6 is 39.1 Å². The Balaban J connectivity index is 3.20. The first-order valence-electron chi connectivity index (χ1n) is 3.94. The molecule has 0 radical (unpaired) electrons. The highest BCUT2D eigenvalue weighted by molar-refractivity contribution is 9.09. The topological polar surface area (TPSA) is 12.9 Å². The van der Waals surface area contributed by atoms with Crippen LogP contribution in [0.4, 0.5) is 0 Å². The van der Waals surface area contributed by atoms with Crippen molar-refractivity contribution in [2.24, 2.45) is 0 Å². The highest BCUT2D eigenvalue weighted by Gasteiger charge is 2.13. The molecule has 1 rings (SSSR count). The third-order valence-corrected chi connectivity index (χ3v) is 3.36. The molecule has 0 amide bonds. The summed E-state index contributed by atoms with van der Waals surface area (Å²) in [6, 6.07) is 1.84. The van der Waals surface area contributed by atoms with Gasteiger partial charge in [0, 0.05) is 5.33 Å². The monoisotopic (exact) mass is 281 g/mol. The summed E-state index contributed by atoms with van der Waals surface area (Å²) in [4.78, 5) is 4.01. The van der Waals surface area contributed by atoms with Crippen LogP contribution < -0.4 is 0 Å². The molecule has 0 bridgehead atoms. The minimum absolute atomic E-state index is 0.359. The number of rotatable bonds is 2. The Morgan fingerprint density at radius 3 is 2.62 bits per heavy atom. The Bertz CT molecular complexity index is 291. The first-order valence-corrected chi connectivity index (χ1v) is 5.82. The molecule has 1 aromatic rings. The maximum Gasteiger partial charge on any atom is 0.134 e. The van der Waals surface area contributed by atoms with Crippen molar-refractivity contribution in [1.29, 1.82) is 0 Å². The molecular weight excluding hydrogens is 273 g/mol. The number of aryl methyl sites for hydroxylation is 1. The lowest BCUT2D eigenvalue weighted by Gasteiger charge is -2.13. The minimum Gasteiger partial charge on any atom is -0.224 e. The molecule has 0 fully saturated rings. The number of pyridine rings is 1. The van der Waals surface area contributed by atoms with E-state index in [1.807, 2.05) is 13.0 Å². The van der Waals surface area contributed by atoms with Crippen molar-refractivity contribution in [3.05, 3.63) is 27.5 Å².